The van der Waals surface area contributed by atoms with Crippen LogP contribution < -0.4 is 5.48 Å². The number of hydrogen-bond acceptors (Lipinski definition) is 5. The fraction of sp³-hybridized carbons (Fsp3) is 0.250. The van der Waals surface area contributed by atoms with Gasteiger partial charge in [-0.25, -0.2) is 5.48 Å². The van der Waals surface area contributed by atoms with Crippen LogP contribution in [0, 0.1) is 10.1 Å². The van der Waals surface area contributed by atoms with Crippen molar-refractivity contribution in [2.45, 2.75) is 6.92 Å². The van der Waals surface area contributed by atoms with Gasteiger partial charge in [-0.3, -0.25) is 14.6 Å². The van der Waals surface area contributed by atoms with Crippen LogP contribution in [0.1, 0.15) is 17.3 Å². The summed E-state index contributed by atoms with van der Waals surface area (Å²) >= 11 is 0. The minimum Gasteiger partial charge on any atom is -0.328 e. The molecule has 1 aromatic heterocycles. The van der Waals surface area contributed by atoms with Gasteiger partial charge in [0.25, 0.3) is 11.0 Å². The number of carbonyl (C=O) groups excluding carboxylic acids is 1. The maximum atomic E-state index is 11.1. The predicted molar refractivity (Wildman–Crippen MR) is 52.1 cm³/mol. The van der Waals surface area contributed by atoms with Crippen LogP contribution in [0.2, 0.25) is 0 Å². The highest BCUT2D eigenvalue weighted by molar-refractivity contribution is 5.92. The highest BCUT2D eigenvalue weighted by Crippen LogP contribution is 1.94. The zero-order valence-corrected chi connectivity index (χ0v) is 8.49. The number of nitrogens with zero attached hydrogens (tertiary/aromatic N) is 2. The lowest BCUT2D eigenvalue weighted by molar-refractivity contribution is -0.742. The Morgan fingerprint density at radius 2 is 2.38 bits per heavy atom. The summed E-state index contributed by atoms with van der Waals surface area (Å²) in [6.07, 6.45) is 3.09. The Kier molecular flexibility index (Phi) is 6.99. The van der Waals surface area contributed by atoms with Gasteiger partial charge in [-0.1, -0.05) is 0 Å². The summed E-state index contributed by atoms with van der Waals surface area (Å²) in [6.45, 7) is 2.25. The second-order valence-corrected chi connectivity index (χ2v) is 2.34. The van der Waals surface area contributed by atoms with Gasteiger partial charge in [-0.2, -0.15) is 0 Å². The molecule has 8 nitrogen and oxygen atoms in total. The molecule has 0 saturated heterocycles. The maximum Gasteiger partial charge on any atom is 0.291 e. The molecule has 0 fully saturated rings. The van der Waals surface area contributed by atoms with Crippen molar-refractivity contribution in [2.24, 2.45) is 0 Å². The van der Waals surface area contributed by atoms with Gasteiger partial charge in [0.15, 0.2) is 0 Å². The van der Waals surface area contributed by atoms with Gasteiger partial charge in [0.1, 0.15) is 0 Å². The highest BCUT2D eigenvalue weighted by atomic mass is 16.9. The van der Waals surface area contributed by atoms with Crippen molar-refractivity contribution in [1.29, 1.82) is 0 Å². The van der Waals surface area contributed by atoms with Crippen molar-refractivity contribution in [2.75, 3.05) is 6.61 Å². The van der Waals surface area contributed by atoms with Crippen molar-refractivity contribution >= 4 is 5.91 Å². The largest absolute Gasteiger partial charge is 0.328 e. The Hall–Kier alpha value is -2.22. The van der Waals surface area contributed by atoms with E-state index in [1.807, 2.05) is 0 Å². The summed E-state index contributed by atoms with van der Waals surface area (Å²) < 4.78 is 0. The molecule has 0 radical (unpaired) electrons. The first-order valence-electron chi connectivity index (χ1n) is 4.23. The van der Waals surface area contributed by atoms with Crippen LogP contribution in [0.5, 0.6) is 0 Å². The Morgan fingerprint density at radius 3 is 2.81 bits per heavy atom. The van der Waals surface area contributed by atoms with E-state index in [-0.39, 0.29) is 5.91 Å². The number of pyridine rings is 1. The fourth-order valence-electron chi connectivity index (χ4n) is 0.694. The molecule has 0 unspecified atom stereocenters. The van der Waals surface area contributed by atoms with Gasteiger partial charge >= 0.3 is 0 Å². The van der Waals surface area contributed by atoms with Crippen LogP contribution >= 0.6 is 0 Å². The Balaban J connectivity index is 0.000000487. The molecule has 0 aliphatic rings. The van der Waals surface area contributed by atoms with Crippen molar-refractivity contribution in [3.63, 3.8) is 0 Å². The van der Waals surface area contributed by atoms with Gasteiger partial charge in [-0.05, 0) is 19.1 Å². The average molecular weight is 229 g/mol. The Bertz CT molecular complexity index is 326. The van der Waals surface area contributed by atoms with E-state index in [4.69, 9.17) is 20.2 Å². The first-order chi connectivity index (χ1) is 7.57. The molecule has 1 aromatic rings. The summed E-state index contributed by atoms with van der Waals surface area (Å²) in [6, 6.07) is 3.36. The molecular weight excluding hydrogens is 218 g/mol. The number of rotatable bonds is 3. The molecule has 0 aliphatic carbocycles. The van der Waals surface area contributed by atoms with Crippen molar-refractivity contribution in [3.8, 4) is 0 Å². The lowest BCUT2D eigenvalue weighted by atomic mass is 10.3. The molecule has 2 N–H and O–H groups in total. The molecule has 0 aromatic carbocycles. The van der Waals surface area contributed by atoms with E-state index in [1.54, 1.807) is 25.3 Å². The molecule has 0 saturated carbocycles. The zero-order chi connectivity index (χ0) is 12.4. The Morgan fingerprint density at radius 1 is 1.75 bits per heavy atom. The van der Waals surface area contributed by atoms with Crippen molar-refractivity contribution in [3.05, 3.63) is 40.2 Å². The van der Waals surface area contributed by atoms with Gasteiger partial charge in [-0.15, -0.1) is 10.1 Å². The number of hydrogen-bond donors (Lipinski definition) is 2. The van der Waals surface area contributed by atoms with E-state index in [2.05, 4.69) is 10.5 Å². The van der Waals surface area contributed by atoms with E-state index in [0.717, 1.165) is 0 Å². The normalized spacial score (nSPS) is 8.56. The fourth-order valence-corrected chi connectivity index (χ4v) is 0.694. The minimum absolute atomic E-state index is 0.273. The first kappa shape index (κ1) is 13.8. The topological polar surface area (TPSA) is 115 Å². The van der Waals surface area contributed by atoms with Gasteiger partial charge in [0.2, 0.25) is 0 Å². The van der Waals surface area contributed by atoms with Crippen molar-refractivity contribution in [1.82, 2.24) is 10.5 Å². The van der Waals surface area contributed by atoms with E-state index in [1.165, 1.54) is 6.20 Å². The van der Waals surface area contributed by atoms with Crippen LogP contribution in [0.15, 0.2) is 24.5 Å². The van der Waals surface area contributed by atoms with E-state index >= 15 is 0 Å². The van der Waals surface area contributed by atoms with Crippen molar-refractivity contribution < 1.29 is 19.9 Å². The molecule has 16 heavy (non-hydrogen) atoms. The number of carbonyl (C=O) groups is 1. The van der Waals surface area contributed by atoms with Crippen LogP contribution in [0.3, 0.4) is 0 Å². The third-order valence-corrected chi connectivity index (χ3v) is 1.23. The van der Waals surface area contributed by atoms with Gasteiger partial charge < -0.3 is 5.21 Å². The summed E-state index contributed by atoms with van der Waals surface area (Å²) in [5, 5.41) is 13.6. The third kappa shape index (κ3) is 7.21. The quantitative estimate of drug-likeness (QED) is 0.573. The molecule has 8 heteroatoms. The molecule has 88 valence electrons. The number of aromatic nitrogens is 1. The molecule has 0 bridgehead atoms. The molecule has 1 rings (SSSR count). The number of hydroxylamine groups is 1. The second-order valence-electron chi connectivity index (χ2n) is 2.34. The monoisotopic (exact) mass is 229 g/mol. The molecule has 0 aliphatic heterocycles. The molecular formula is C8H11N3O5. The van der Waals surface area contributed by atoms with Gasteiger partial charge in [0, 0.05) is 12.4 Å². The smallest absolute Gasteiger partial charge is 0.291 e. The molecule has 1 heterocycles. The lowest BCUT2D eigenvalue weighted by Crippen LogP contribution is -2.23. The lowest BCUT2D eigenvalue weighted by Gasteiger charge is -2.01. The highest BCUT2D eigenvalue weighted by Gasteiger charge is 2.02. The summed E-state index contributed by atoms with van der Waals surface area (Å²) in [5.74, 6) is -0.273. The summed E-state index contributed by atoms with van der Waals surface area (Å²) in [4.78, 5) is 28.0. The van der Waals surface area contributed by atoms with Crippen LogP contribution in [0.4, 0.5) is 0 Å². The average Bonchev–Trinajstić information content (AvgIpc) is 2.26. The van der Waals surface area contributed by atoms with Crippen LogP contribution in [-0.2, 0) is 4.84 Å². The second kappa shape index (κ2) is 8.12. The minimum atomic E-state index is -1.50. The standard InChI is InChI=1S/C8H10N2O2.HNO3/c1-2-12-10-8(11)7-4-3-5-9-6-7;2-1(3)4/h3-6H,2H2,1H3,(H,10,11);(H,2,3,4). The van der Waals surface area contributed by atoms with E-state index in [0.29, 0.717) is 12.2 Å². The Labute approximate surface area is 90.9 Å². The summed E-state index contributed by atoms with van der Waals surface area (Å²) in [5.41, 5.74) is 2.76. The number of nitrogens with one attached hydrogen (secondary N) is 1. The van der Waals surface area contributed by atoms with E-state index in [9.17, 15) is 4.79 Å². The molecule has 0 atom stereocenters. The van der Waals surface area contributed by atoms with Gasteiger partial charge in [0.05, 0.1) is 12.2 Å². The summed E-state index contributed by atoms with van der Waals surface area (Å²) in [7, 11) is 0. The molecule has 1 amide bonds. The number of amides is 1. The molecule has 0 spiro atoms. The van der Waals surface area contributed by atoms with Crippen LogP contribution in [0.25, 0.3) is 0 Å². The SMILES string of the molecule is CCONC(=O)c1cccnc1.O=[N+]([O-])O. The van der Waals surface area contributed by atoms with Crippen LogP contribution in [-0.4, -0.2) is 27.8 Å². The predicted octanol–water partition coefficient (Wildman–Crippen LogP) is 0.415. The zero-order valence-electron chi connectivity index (χ0n) is 8.49. The third-order valence-electron chi connectivity index (χ3n) is 1.23. The maximum absolute atomic E-state index is 11.1. The van der Waals surface area contributed by atoms with E-state index < -0.39 is 5.09 Å². The first-order valence-corrected chi connectivity index (χ1v) is 4.23.